The number of ketones is 1. The van der Waals surface area contributed by atoms with E-state index in [1.165, 1.54) is 11.6 Å². The third kappa shape index (κ3) is 12.1. The van der Waals surface area contributed by atoms with E-state index in [2.05, 4.69) is 19.0 Å². The number of hydrogen-bond acceptors (Lipinski definition) is 10. The lowest BCUT2D eigenvalue weighted by molar-refractivity contribution is -0.146. The number of oxime groups is 1. The van der Waals surface area contributed by atoms with Gasteiger partial charge in [-0.05, 0) is 68.8 Å². The molecular weight excluding hydrogens is 734 g/mol. The molecule has 0 bridgehead atoms. The Balaban J connectivity index is 0.000000289. The predicted octanol–water partition coefficient (Wildman–Crippen LogP) is 9.18. The Morgan fingerprint density at radius 2 is 1.81 bits per heavy atom. The quantitative estimate of drug-likeness (QED) is 0.0540. The maximum atomic E-state index is 14.5. The summed E-state index contributed by atoms with van der Waals surface area (Å²) in [5.41, 5.74) is 2.87. The van der Waals surface area contributed by atoms with E-state index in [0.29, 0.717) is 66.4 Å². The predicted molar refractivity (Wildman–Crippen MR) is 204 cm³/mol. The first-order chi connectivity index (χ1) is 25.0. The van der Waals surface area contributed by atoms with Crippen molar-refractivity contribution in [2.45, 2.75) is 104 Å². The largest absolute Gasteiger partial charge is 0.511 e. The van der Waals surface area contributed by atoms with Gasteiger partial charge < -0.3 is 19.4 Å². The Bertz CT molecular complexity index is 1550. The SMILES string of the molecule is CCCCCOC(=O)COc1cc(N2C(=O)C3=C(CCCC3)C2=O)c(F)cc1Cl.CCSC(C)CC1CC(=O)C(/C(CC)=N/OC/C=C/Cl)=C(O)C1. The van der Waals surface area contributed by atoms with Crippen molar-refractivity contribution in [3.05, 3.63) is 57.1 Å². The standard InChI is InChI=1S/C21H23ClFNO5.C17H26ClNO3S/c1-2-3-6-9-28-19(25)12-29-18-11-17(16(23)10-15(18)22)24-20(26)13-7-4-5-8-14(13)21(24)27;1-4-14(19-22-8-6-7-18)17-15(20)10-13(11-16(17)21)9-12(3)23-5-2/h10-11H,2-9,12H2,1H3;6-7,12-13,20H,4-5,8-11H2,1-3H3/b;7-6+,19-14+. The molecular formula is C38H49Cl2FN2O8S. The number of halogens is 3. The number of allylic oxidation sites excluding steroid dienone is 2. The highest BCUT2D eigenvalue weighted by Gasteiger charge is 2.41. The number of ether oxygens (including phenoxy) is 2. The Kier molecular flexibility index (Phi) is 18.2. The number of carbonyl (C=O) groups is 4. The molecule has 1 aromatic rings. The minimum atomic E-state index is -0.814. The number of hydrogen-bond donors (Lipinski definition) is 1. The van der Waals surface area contributed by atoms with Crippen molar-refractivity contribution in [3.63, 3.8) is 0 Å². The lowest BCUT2D eigenvalue weighted by Gasteiger charge is -2.25. The van der Waals surface area contributed by atoms with Gasteiger partial charge in [0.2, 0.25) is 0 Å². The van der Waals surface area contributed by atoms with Crippen LogP contribution in [0.15, 0.2) is 51.4 Å². The van der Waals surface area contributed by atoms with E-state index in [1.807, 2.05) is 25.6 Å². The molecule has 1 N–H and O–H groups in total. The Labute approximate surface area is 319 Å². The Hall–Kier alpha value is -3.35. The van der Waals surface area contributed by atoms with Crippen LogP contribution in [0.1, 0.15) is 98.3 Å². The third-order valence-corrected chi connectivity index (χ3v) is 10.3. The fourth-order valence-corrected chi connectivity index (χ4v) is 7.50. The molecule has 0 fully saturated rings. The molecule has 3 aliphatic rings. The number of thioether (sulfide) groups is 1. The van der Waals surface area contributed by atoms with E-state index in [0.717, 1.165) is 55.2 Å². The molecule has 10 nitrogen and oxygen atoms in total. The van der Waals surface area contributed by atoms with Crippen LogP contribution in [-0.2, 0) is 28.8 Å². The van der Waals surface area contributed by atoms with Gasteiger partial charge in [-0.1, -0.05) is 68.9 Å². The number of aliphatic hydroxyl groups excluding tert-OH is 1. The van der Waals surface area contributed by atoms with E-state index >= 15 is 0 Å². The van der Waals surface area contributed by atoms with Crippen LogP contribution < -0.4 is 9.64 Å². The fraction of sp³-hybridized carbons (Fsp3) is 0.553. The summed E-state index contributed by atoms with van der Waals surface area (Å²) in [4.78, 5) is 55.5. The van der Waals surface area contributed by atoms with Crippen LogP contribution in [0.2, 0.25) is 5.02 Å². The maximum Gasteiger partial charge on any atom is 0.344 e. The van der Waals surface area contributed by atoms with Crippen LogP contribution in [0.5, 0.6) is 5.75 Å². The summed E-state index contributed by atoms with van der Waals surface area (Å²) in [5, 5.41) is 14.8. The van der Waals surface area contributed by atoms with Gasteiger partial charge >= 0.3 is 5.97 Å². The highest BCUT2D eigenvalue weighted by molar-refractivity contribution is 7.99. The number of unbranched alkanes of at least 4 members (excludes halogenated alkanes) is 2. The molecule has 286 valence electrons. The minimum absolute atomic E-state index is 0.000883. The van der Waals surface area contributed by atoms with Gasteiger partial charge in [0.15, 0.2) is 12.4 Å². The van der Waals surface area contributed by atoms with Crippen molar-refractivity contribution >= 4 is 69.9 Å². The first-order valence-corrected chi connectivity index (χ1v) is 19.7. The number of aliphatic hydroxyl groups is 1. The zero-order chi connectivity index (χ0) is 38.2. The number of carbonyl (C=O) groups excluding carboxylic acids is 4. The van der Waals surface area contributed by atoms with Gasteiger partial charge in [0.05, 0.1) is 28.6 Å². The number of rotatable bonds is 17. The van der Waals surface area contributed by atoms with Crippen molar-refractivity contribution in [2.24, 2.45) is 11.1 Å². The molecule has 0 spiro atoms. The molecule has 0 saturated heterocycles. The number of amides is 2. The number of imide groups is 1. The van der Waals surface area contributed by atoms with Crippen molar-refractivity contribution in [1.29, 1.82) is 0 Å². The summed E-state index contributed by atoms with van der Waals surface area (Å²) in [5.74, 6) is -1.02. The van der Waals surface area contributed by atoms with Crippen molar-refractivity contribution < 1.29 is 43.0 Å². The normalized spacial score (nSPS) is 18.4. The van der Waals surface area contributed by atoms with Crippen LogP contribution in [0.25, 0.3) is 0 Å². The molecule has 4 rings (SSSR count). The van der Waals surface area contributed by atoms with Crippen molar-refractivity contribution in [1.82, 2.24) is 0 Å². The number of anilines is 1. The second-order valence-corrected chi connectivity index (χ2v) is 15.0. The minimum Gasteiger partial charge on any atom is -0.511 e. The van der Waals surface area contributed by atoms with Crippen LogP contribution in [0.4, 0.5) is 10.1 Å². The molecule has 1 heterocycles. The highest BCUT2D eigenvalue weighted by Crippen LogP contribution is 2.39. The molecule has 1 aromatic carbocycles. The van der Waals surface area contributed by atoms with Gasteiger partial charge in [0.1, 0.15) is 23.9 Å². The first-order valence-electron chi connectivity index (χ1n) is 17.9. The monoisotopic (exact) mass is 782 g/mol. The molecule has 2 amide bonds. The van der Waals surface area contributed by atoms with E-state index in [4.69, 9.17) is 37.5 Å². The summed E-state index contributed by atoms with van der Waals surface area (Å²) in [6.07, 6.45) is 9.49. The Morgan fingerprint density at radius 3 is 2.40 bits per heavy atom. The summed E-state index contributed by atoms with van der Waals surface area (Å²) < 4.78 is 25.0. The molecule has 52 heavy (non-hydrogen) atoms. The molecule has 0 saturated carbocycles. The van der Waals surface area contributed by atoms with E-state index in [1.54, 1.807) is 6.08 Å². The second-order valence-electron chi connectivity index (χ2n) is 12.6. The maximum absolute atomic E-state index is 14.5. The van der Waals surface area contributed by atoms with Crippen LogP contribution in [0.3, 0.4) is 0 Å². The lowest BCUT2D eigenvalue weighted by atomic mass is 9.82. The van der Waals surface area contributed by atoms with Crippen LogP contribution in [0, 0.1) is 11.7 Å². The van der Waals surface area contributed by atoms with Crippen LogP contribution in [-0.4, -0.2) is 65.2 Å². The number of nitrogens with zero attached hydrogens (tertiary/aromatic N) is 2. The third-order valence-electron chi connectivity index (χ3n) is 8.69. The van der Waals surface area contributed by atoms with Crippen molar-refractivity contribution in [2.75, 3.05) is 30.5 Å². The topological polar surface area (TPSA) is 132 Å². The summed E-state index contributed by atoms with van der Waals surface area (Å²) in [6.45, 7) is 8.36. The van der Waals surface area contributed by atoms with Gasteiger partial charge in [-0.3, -0.25) is 14.4 Å². The van der Waals surface area contributed by atoms with Gasteiger partial charge in [0.25, 0.3) is 11.8 Å². The molecule has 14 heteroatoms. The second kappa shape index (κ2) is 22.0. The number of esters is 1. The molecule has 0 aromatic heterocycles. The zero-order valence-electron chi connectivity index (χ0n) is 30.3. The lowest BCUT2D eigenvalue weighted by Crippen LogP contribution is -2.32. The van der Waals surface area contributed by atoms with Crippen LogP contribution >= 0.6 is 35.0 Å². The average molecular weight is 784 g/mol. The molecule has 2 unspecified atom stereocenters. The number of Topliss-reactive ketones (excluding diaryl/α,β-unsaturated/α-hetero) is 1. The fourth-order valence-electron chi connectivity index (χ4n) is 6.25. The molecule has 2 aliphatic carbocycles. The van der Waals surface area contributed by atoms with Gasteiger partial charge in [-0.2, -0.15) is 11.8 Å². The van der Waals surface area contributed by atoms with Crippen molar-refractivity contribution in [3.8, 4) is 5.75 Å². The summed E-state index contributed by atoms with van der Waals surface area (Å²) >= 11 is 13.3. The summed E-state index contributed by atoms with van der Waals surface area (Å²) in [6, 6.07) is 2.15. The van der Waals surface area contributed by atoms with Gasteiger partial charge in [-0.15, -0.1) is 0 Å². The van der Waals surface area contributed by atoms with Gasteiger partial charge in [0, 0.05) is 40.8 Å². The average Bonchev–Trinajstić information content (AvgIpc) is 3.36. The molecule has 0 radical (unpaired) electrons. The van der Waals surface area contributed by atoms with E-state index < -0.39 is 30.2 Å². The Morgan fingerprint density at radius 1 is 1.12 bits per heavy atom. The number of benzene rings is 1. The highest BCUT2D eigenvalue weighted by atomic mass is 35.5. The van der Waals surface area contributed by atoms with E-state index in [-0.39, 0.29) is 40.5 Å². The first kappa shape index (κ1) is 43.1. The summed E-state index contributed by atoms with van der Waals surface area (Å²) in [7, 11) is 0. The smallest absolute Gasteiger partial charge is 0.344 e. The zero-order valence-corrected chi connectivity index (χ0v) is 32.6. The molecule has 1 aliphatic heterocycles. The molecule has 2 atom stereocenters. The van der Waals surface area contributed by atoms with Gasteiger partial charge in [-0.25, -0.2) is 14.1 Å². The van der Waals surface area contributed by atoms with E-state index in [9.17, 15) is 28.7 Å².